The minimum Gasteiger partial charge on any atom is -0.397 e. The molecule has 0 spiro atoms. The number of hydrogen-bond donors (Lipinski definition) is 8. The maximum atomic E-state index is 13.1. The van der Waals surface area contributed by atoms with Crippen LogP contribution in [0.5, 0.6) is 0 Å². The van der Waals surface area contributed by atoms with Crippen LogP contribution in [0.15, 0.2) is 19.5 Å². The molecule has 1 rings (SSSR count). The molecule has 0 bridgehead atoms. The smallest absolute Gasteiger partial charge is 0.256 e. The second-order valence-electron chi connectivity index (χ2n) is 6.29. The topological polar surface area (TPSA) is 188 Å². The summed E-state index contributed by atoms with van der Waals surface area (Å²) in [4.78, 5) is 14.0. The van der Waals surface area contributed by atoms with E-state index < -0.39 is 62.7 Å². The molecule has 13 heteroatoms. The van der Waals surface area contributed by atoms with E-state index in [0.29, 0.717) is 8.95 Å². The van der Waals surface area contributed by atoms with Gasteiger partial charge < -0.3 is 46.4 Å². The van der Waals surface area contributed by atoms with Crippen LogP contribution < -0.4 is 5.73 Å². The Morgan fingerprint density at radius 3 is 2.00 bits per heavy atom. The van der Waals surface area contributed by atoms with E-state index in [2.05, 4.69) is 47.8 Å². The molecular formula is C16H23Br3N2O8. The van der Waals surface area contributed by atoms with Gasteiger partial charge in [0.15, 0.2) is 0 Å². The molecule has 166 valence electrons. The summed E-state index contributed by atoms with van der Waals surface area (Å²) in [6.07, 6.45) is -8.58. The van der Waals surface area contributed by atoms with E-state index in [1.54, 1.807) is 0 Å². The Bertz CT molecular complexity index is 711. The molecule has 1 amide bonds. The molecule has 5 atom stereocenters. The van der Waals surface area contributed by atoms with Gasteiger partial charge in [0.25, 0.3) is 5.91 Å². The first-order valence-electron chi connectivity index (χ1n) is 8.30. The molecule has 0 aliphatic rings. The Kier molecular flexibility index (Phi) is 10.9. The molecule has 0 fully saturated rings. The molecule has 10 nitrogen and oxygen atoms in total. The maximum absolute atomic E-state index is 13.1. The molecule has 0 radical (unpaired) electrons. The highest BCUT2D eigenvalue weighted by molar-refractivity contribution is 9.11. The van der Waals surface area contributed by atoms with Gasteiger partial charge in [0.05, 0.1) is 35.0 Å². The monoisotopic (exact) mass is 608 g/mol. The third-order valence-electron chi connectivity index (χ3n) is 4.08. The summed E-state index contributed by atoms with van der Waals surface area (Å²) in [5.74, 6) is -0.709. The summed E-state index contributed by atoms with van der Waals surface area (Å²) in [6.45, 7) is -2.50. The lowest BCUT2D eigenvalue weighted by molar-refractivity contribution is -0.118. The Morgan fingerprint density at radius 2 is 1.48 bits per heavy atom. The molecule has 0 aliphatic carbocycles. The lowest BCUT2D eigenvalue weighted by Crippen LogP contribution is -2.52. The van der Waals surface area contributed by atoms with Gasteiger partial charge in [-0.05, 0) is 53.9 Å². The summed E-state index contributed by atoms with van der Waals surface area (Å²) < 4.78 is 1.08. The highest BCUT2D eigenvalue weighted by atomic mass is 79.9. The van der Waals surface area contributed by atoms with Crippen molar-refractivity contribution in [3.8, 4) is 0 Å². The third kappa shape index (κ3) is 6.82. The van der Waals surface area contributed by atoms with Crippen LogP contribution in [0.4, 0.5) is 5.69 Å². The number of carbonyl (C=O) groups excluding carboxylic acids is 1. The van der Waals surface area contributed by atoms with Crippen molar-refractivity contribution in [3.05, 3.63) is 25.0 Å². The van der Waals surface area contributed by atoms with Crippen LogP contribution in [-0.4, -0.2) is 103 Å². The zero-order valence-electron chi connectivity index (χ0n) is 15.0. The summed E-state index contributed by atoms with van der Waals surface area (Å²) in [5.41, 5.74) is 6.19. The van der Waals surface area contributed by atoms with Gasteiger partial charge in [-0.2, -0.15) is 0 Å². The number of nitrogens with two attached hydrogens (primary N) is 1. The number of carbonyl (C=O) groups is 1. The number of benzene rings is 1. The normalized spacial score (nSPS) is 16.8. The van der Waals surface area contributed by atoms with Gasteiger partial charge in [0.2, 0.25) is 0 Å². The molecule has 0 aliphatic heterocycles. The number of nitrogen functional groups attached to an aromatic ring is 1. The highest BCUT2D eigenvalue weighted by Crippen LogP contribution is 2.37. The number of anilines is 1. The van der Waals surface area contributed by atoms with Gasteiger partial charge in [-0.25, -0.2) is 0 Å². The summed E-state index contributed by atoms with van der Waals surface area (Å²) in [6, 6.07) is 1.53. The summed E-state index contributed by atoms with van der Waals surface area (Å²) in [5, 5.41) is 67.2. The van der Waals surface area contributed by atoms with Crippen molar-refractivity contribution in [3.63, 3.8) is 0 Å². The van der Waals surface area contributed by atoms with E-state index in [0.717, 1.165) is 4.90 Å². The van der Waals surface area contributed by atoms with Gasteiger partial charge in [-0.15, -0.1) is 0 Å². The SMILES string of the molecule is Nc1c(Br)cc(Br)c(C(=O)N(CC(O)CO)CC(O)C(O)C(O)C(O)CO)c1Br. The molecule has 1 aromatic rings. The fourth-order valence-corrected chi connectivity index (χ4v) is 4.87. The predicted octanol–water partition coefficient (Wildman–Crippen LogP) is -1.21. The van der Waals surface area contributed by atoms with Gasteiger partial charge in [0, 0.05) is 22.0 Å². The number of aliphatic hydroxyl groups is 7. The predicted molar refractivity (Wildman–Crippen MR) is 114 cm³/mol. The molecule has 29 heavy (non-hydrogen) atoms. The summed E-state index contributed by atoms with van der Waals surface area (Å²) in [7, 11) is 0. The molecule has 9 N–H and O–H groups in total. The third-order valence-corrected chi connectivity index (χ3v) is 6.19. The average molecular weight is 611 g/mol. The standard InChI is InChI=1S/C16H23Br3N2O8/c17-7-1-8(18)13(20)12(19)11(7)16(29)21(2-6(24)4-22)3-9(25)14(27)15(28)10(26)5-23/h1,6,9-10,14-15,22-28H,2-5,20H2. The first-order chi connectivity index (χ1) is 13.5. The van der Waals surface area contributed by atoms with Crippen LogP contribution in [0, 0.1) is 0 Å². The van der Waals surface area contributed by atoms with Crippen molar-refractivity contribution in [2.75, 3.05) is 32.0 Å². The van der Waals surface area contributed by atoms with Crippen LogP contribution >= 0.6 is 47.8 Å². The molecular weight excluding hydrogens is 588 g/mol. The Balaban J connectivity index is 3.20. The van der Waals surface area contributed by atoms with Gasteiger partial charge in [0.1, 0.15) is 24.4 Å². The maximum Gasteiger partial charge on any atom is 0.256 e. The molecule has 0 heterocycles. The van der Waals surface area contributed by atoms with E-state index in [9.17, 15) is 30.3 Å². The fraction of sp³-hybridized carbons (Fsp3) is 0.562. The fourth-order valence-electron chi connectivity index (χ4n) is 2.41. The van der Waals surface area contributed by atoms with Crippen molar-refractivity contribution < 1.29 is 40.5 Å². The number of aliphatic hydroxyl groups excluding tert-OH is 7. The second kappa shape index (κ2) is 11.9. The second-order valence-corrected chi connectivity index (χ2v) is 8.79. The number of rotatable bonds is 10. The van der Waals surface area contributed by atoms with E-state index >= 15 is 0 Å². The van der Waals surface area contributed by atoms with E-state index in [1.807, 2.05) is 0 Å². The Labute approximate surface area is 192 Å². The van der Waals surface area contributed by atoms with Crippen LogP contribution in [0.2, 0.25) is 0 Å². The van der Waals surface area contributed by atoms with Crippen molar-refractivity contribution >= 4 is 59.4 Å². The van der Waals surface area contributed by atoms with Crippen LogP contribution in [0.1, 0.15) is 10.4 Å². The first kappa shape index (κ1) is 26.7. The quantitative estimate of drug-likeness (QED) is 0.150. The average Bonchev–Trinajstić information content (AvgIpc) is 2.69. The molecule has 5 unspecified atom stereocenters. The summed E-state index contributed by atoms with van der Waals surface area (Å²) >= 11 is 9.70. The number of amides is 1. The number of halogens is 3. The van der Waals surface area contributed by atoms with Crippen LogP contribution in [0.3, 0.4) is 0 Å². The van der Waals surface area contributed by atoms with E-state index in [-0.39, 0.29) is 15.7 Å². The largest absolute Gasteiger partial charge is 0.397 e. The van der Waals surface area contributed by atoms with Crippen molar-refractivity contribution in [2.24, 2.45) is 0 Å². The molecule has 0 saturated carbocycles. The van der Waals surface area contributed by atoms with Crippen LogP contribution in [-0.2, 0) is 0 Å². The Morgan fingerprint density at radius 1 is 0.931 bits per heavy atom. The zero-order valence-corrected chi connectivity index (χ0v) is 19.7. The van der Waals surface area contributed by atoms with E-state index in [1.165, 1.54) is 6.07 Å². The van der Waals surface area contributed by atoms with Crippen molar-refractivity contribution in [1.29, 1.82) is 0 Å². The lowest BCUT2D eigenvalue weighted by atomic mass is 10.0. The zero-order chi connectivity index (χ0) is 22.5. The molecule has 1 aromatic carbocycles. The Hall–Kier alpha value is -0.350. The first-order valence-corrected chi connectivity index (χ1v) is 10.7. The lowest BCUT2D eigenvalue weighted by Gasteiger charge is -2.32. The van der Waals surface area contributed by atoms with Gasteiger partial charge >= 0.3 is 0 Å². The van der Waals surface area contributed by atoms with Gasteiger partial charge in [-0.3, -0.25) is 4.79 Å². The van der Waals surface area contributed by atoms with E-state index in [4.69, 9.17) is 15.9 Å². The molecule has 0 aromatic heterocycles. The van der Waals surface area contributed by atoms with Crippen molar-refractivity contribution in [2.45, 2.75) is 30.5 Å². The van der Waals surface area contributed by atoms with Crippen molar-refractivity contribution in [1.82, 2.24) is 4.90 Å². The van der Waals surface area contributed by atoms with Gasteiger partial charge in [-0.1, -0.05) is 0 Å². The minimum atomic E-state index is -1.90. The number of hydrogen-bond acceptors (Lipinski definition) is 9. The van der Waals surface area contributed by atoms with Crippen LogP contribution in [0.25, 0.3) is 0 Å². The number of nitrogens with zero attached hydrogens (tertiary/aromatic N) is 1. The highest BCUT2D eigenvalue weighted by Gasteiger charge is 2.33. The minimum absolute atomic E-state index is 0.0634. The molecule has 0 saturated heterocycles.